The Morgan fingerprint density at radius 1 is 1.16 bits per heavy atom. The van der Waals surface area contributed by atoms with Crippen LogP contribution in [0.25, 0.3) is 0 Å². The average Bonchev–Trinajstić information content (AvgIpc) is 2.27. The number of benzene rings is 1. The van der Waals surface area contributed by atoms with Gasteiger partial charge in [-0.05, 0) is 18.2 Å². The topological polar surface area (TPSA) is 86.6 Å². The first-order chi connectivity index (χ1) is 8.71. The van der Waals surface area contributed by atoms with E-state index in [1.807, 2.05) is 0 Å². The number of halogens is 3. The average molecular weight is 275 g/mol. The van der Waals surface area contributed by atoms with Gasteiger partial charge in [0.25, 0.3) is 0 Å². The zero-order valence-electron chi connectivity index (χ0n) is 9.23. The summed E-state index contributed by atoms with van der Waals surface area (Å²) in [6.45, 7) is 0. The Kier molecular flexibility index (Phi) is 4.15. The smallest absolute Gasteiger partial charge is 0.416 e. The summed E-state index contributed by atoms with van der Waals surface area (Å²) in [6.07, 6.45) is -3.93. The number of carbonyl (C=O) groups is 2. The Labute approximate surface area is 105 Å². The lowest BCUT2D eigenvalue weighted by Crippen LogP contribution is -2.13. The van der Waals surface area contributed by atoms with Crippen molar-refractivity contribution in [3.8, 4) is 0 Å². The number of rotatable bonds is 4. The predicted octanol–water partition coefficient (Wildman–Crippen LogP) is 2.17. The molecule has 0 bridgehead atoms. The SMILES string of the molecule is O=C(O)C(=CNc1cccc(C(F)(F)F)c1)C(=O)O. The molecule has 0 saturated heterocycles. The Hall–Kier alpha value is -2.51. The van der Waals surface area contributed by atoms with Crippen LogP contribution in [-0.4, -0.2) is 22.2 Å². The molecule has 0 aliphatic heterocycles. The molecule has 0 spiro atoms. The summed E-state index contributed by atoms with van der Waals surface area (Å²) in [5.41, 5.74) is -2.00. The molecule has 0 unspecified atom stereocenters. The number of nitrogens with one attached hydrogen (secondary N) is 1. The first-order valence-corrected chi connectivity index (χ1v) is 4.82. The van der Waals surface area contributed by atoms with Crippen molar-refractivity contribution in [2.24, 2.45) is 0 Å². The maximum Gasteiger partial charge on any atom is 0.416 e. The van der Waals surface area contributed by atoms with Crippen molar-refractivity contribution in [2.45, 2.75) is 6.18 Å². The first-order valence-electron chi connectivity index (χ1n) is 4.82. The van der Waals surface area contributed by atoms with Crippen molar-refractivity contribution in [2.75, 3.05) is 5.32 Å². The van der Waals surface area contributed by atoms with Crippen LogP contribution in [0.4, 0.5) is 18.9 Å². The molecule has 0 fully saturated rings. The first kappa shape index (κ1) is 14.6. The molecule has 1 rings (SSSR count). The zero-order chi connectivity index (χ0) is 14.6. The molecule has 0 amide bonds. The molecular weight excluding hydrogens is 267 g/mol. The molecule has 19 heavy (non-hydrogen) atoms. The maximum absolute atomic E-state index is 12.4. The van der Waals surface area contributed by atoms with Crippen LogP contribution in [0.5, 0.6) is 0 Å². The Morgan fingerprint density at radius 3 is 2.21 bits per heavy atom. The number of carboxylic acids is 2. The number of alkyl halides is 3. The summed E-state index contributed by atoms with van der Waals surface area (Å²) in [5.74, 6) is -3.40. The highest BCUT2D eigenvalue weighted by Gasteiger charge is 2.30. The molecule has 0 heterocycles. The summed E-state index contributed by atoms with van der Waals surface area (Å²) in [4.78, 5) is 21.0. The molecule has 0 aromatic heterocycles. The molecule has 3 N–H and O–H groups in total. The second kappa shape index (κ2) is 5.42. The van der Waals surface area contributed by atoms with Crippen molar-refractivity contribution in [3.63, 3.8) is 0 Å². The van der Waals surface area contributed by atoms with E-state index in [1.165, 1.54) is 6.07 Å². The summed E-state index contributed by atoms with van der Waals surface area (Å²) in [7, 11) is 0. The Bertz CT molecular complexity index is 521. The molecule has 102 valence electrons. The van der Waals surface area contributed by atoms with Gasteiger partial charge in [0, 0.05) is 11.9 Å². The van der Waals surface area contributed by atoms with E-state index in [0.717, 1.165) is 18.2 Å². The molecule has 0 saturated carbocycles. The molecule has 0 aliphatic rings. The molecule has 1 aromatic rings. The highest BCUT2D eigenvalue weighted by molar-refractivity contribution is 6.12. The van der Waals surface area contributed by atoms with Gasteiger partial charge < -0.3 is 15.5 Å². The molecule has 0 radical (unpaired) electrons. The van der Waals surface area contributed by atoms with Crippen molar-refractivity contribution in [3.05, 3.63) is 41.6 Å². The monoisotopic (exact) mass is 275 g/mol. The van der Waals surface area contributed by atoms with Crippen LogP contribution in [0.15, 0.2) is 36.0 Å². The van der Waals surface area contributed by atoms with Crippen LogP contribution in [-0.2, 0) is 15.8 Å². The van der Waals surface area contributed by atoms with Crippen LogP contribution in [0.2, 0.25) is 0 Å². The quantitative estimate of drug-likeness (QED) is 0.445. The minimum atomic E-state index is -4.54. The third-order valence-corrected chi connectivity index (χ3v) is 2.03. The lowest BCUT2D eigenvalue weighted by Gasteiger charge is -2.08. The summed E-state index contributed by atoms with van der Waals surface area (Å²) >= 11 is 0. The highest BCUT2D eigenvalue weighted by Crippen LogP contribution is 2.30. The third-order valence-electron chi connectivity index (χ3n) is 2.03. The van der Waals surface area contributed by atoms with Gasteiger partial charge in [-0.25, -0.2) is 9.59 Å². The van der Waals surface area contributed by atoms with E-state index < -0.39 is 29.3 Å². The fraction of sp³-hybridized carbons (Fsp3) is 0.0909. The third kappa shape index (κ3) is 4.02. The fourth-order valence-corrected chi connectivity index (χ4v) is 1.16. The van der Waals surface area contributed by atoms with E-state index in [9.17, 15) is 22.8 Å². The van der Waals surface area contributed by atoms with Gasteiger partial charge in [-0.2, -0.15) is 13.2 Å². The predicted molar refractivity (Wildman–Crippen MR) is 58.4 cm³/mol. The molecule has 1 aromatic carbocycles. The standard InChI is InChI=1S/C11H8F3NO4/c12-11(13,14)6-2-1-3-7(4-6)15-5-8(9(16)17)10(18)19/h1-5,15H,(H,16,17)(H,18,19). The lowest BCUT2D eigenvalue weighted by molar-refractivity contribution is -0.140. The lowest BCUT2D eigenvalue weighted by atomic mass is 10.2. The molecule has 0 aliphatic carbocycles. The van der Waals surface area contributed by atoms with Crippen LogP contribution < -0.4 is 5.32 Å². The second-order valence-electron chi connectivity index (χ2n) is 3.39. The van der Waals surface area contributed by atoms with Crippen molar-refractivity contribution >= 4 is 17.6 Å². The number of carboxylic acid groups (broad SMARTS) is 2. The zero-order valence-corrected chi connectivity index (χ0v) is 9.23. The summed E-state index contributed by atoms with van der Waals surface area (Å²) < 4.78 is 37.2. The summed E-state index contributed by atoms with van der Waals surface area (Å²) in [6, 6.07) is 3.93. The maximum atomic E-state index is 12.4. The van der Waals surface area contributed by atoms with Gasteiger partial charge in [0.2, 0.25) is 0 Å². The summed E-state index contributed by atoms with van der Waals surface area (Å²) in [5, 5.41) is 19.3. The minimum absolute atomic E-state index is 0.0742. The van der Waals surface area contributed by atoms with E-state index in [1.54, 1.807) is 0 Å². The van der Waals surface area contributed by atoms with Gasteiger partial charge in [-0.15, -0.1) is 0 Å². The number of aliphatic carboxylic acids is 2. The van der Waals surface area contributed by atoms with E-state index in [0.29, 0.717) is 6.20 Å². The van der Waals surface area contributed by atoms with E-state index >= 15 is 0 Å². The number of hydrogen-bond donors (Lipinski definition) is 3. The van der Waals surface area contributed by atoms with Crippen LogP contribution in [0.1, 0.15) is 5.56 Å². The fourth-order valence-electron chi connectivity index (χ4n) is 1.16. The van der Waals surface area contributed by atoms with Gasteiger partial charge in [-0.1, -0.05) is 6.07 Å². The van der Waals surface area contributed by atoms with Gasteiger partial charge in [0.15, 0.2) is 5.57 Å². The van der Waals surface area contributed by atoms with E-state index in [4.69, 9.17) is 10.2 Å². The molecule has 0 atom stereocenters. The molecular formula is C11H8F3NO4. The van der Waals surface area contributed by atoms with Crippen molar-refractivity contribution in [1.29, 1.82) is 0 Å². The number of anilines is 1. The van der Waals surface area contributed by atoms with E-state index in [-0.39, 0.29) is 5.69 Å². The molecule has 5 nitrogen and oxygen atoms in total. The van der Waals surface area contributed by atoms with E-state index in [2.05, 4.69) is 5.32 Å². The van der Waals surface area contributed by atoms with Crippen LogP contribution in [0, 0.1) is 0 Å². The molecule has 8 heteroatoms. The normalized spacial score (nSPS) is 10.7. The Morgan fingerprint density at radius 2 is 1.74 bits per heavy atom. The second-order valence-corrected chi connectivity index (χ2v) is 3.39. The van der Waals surface area contributed by atoms with Gasteiger partial charge >= 0.3 is 18.1 Å². The highest BCUT2D eigenvalue weighted by atomic mass is 19.4. The van der Waals surface area contributed by atoms with Crippen molar-refractivity contribution < 1.29 is 33.0 Å². The van der Waals surface area contributed by atoms with Crippen molar-refractivity contribution in [1.82, 2.24) is 0 Å². The van der Waals surface area contributed by atoms with Crippen LogP contribution in [0.3, 0.4) is 0 Å². The van der Waals surface area contributed by atoms with Gasteiger partial charge in [0.05, 0.1) is 5.56 Å². The Balaban J connectivity index is 2.98. The minimum Gasteiger partial charge on any atom is -0.477 e. The largest absolute Gasteiger partial charge is 0.477 e. The van der Waals surface area contributed by atoms with Gasteiger partial charge in [-0.3, -0.25) is 0 Å². The number of hydrogen-bond acceptors (Lipinski definition) is 3. The van der Waals surface area contributed by atoms with Crippen LogP contribution >= 0.6 is 0 Å². The van der Waals surface area contributed by atoms with Gasteiger partial charge in [0.1, 0.15) is 0 Å².